The van der Waals surface area contributed by atoms with E-state index in [1.165, 1.54) is 0 Å². The summed E-state index contributed by atoms with van der Waals surface area (Å²) in [4.78, 5) is 9.47. The minimum atomic E-state index is -4.67. The predicted octanol–water partition coefficient (Wildman–Crippen LogP) is 0.000700. The van der Waals surface area contributed by atoms with Gasteiger partial charge in [0.15, 0.2) is 0 Å². The van der Waals surface area contributed by atoms with Crippen molar-refractivity contribution in [1.29, 1.82) is 0 Å². The van der Waals surface area contributed by atoms with Gasteiger partial charge in [0.1, 0.15) is 0 Å². The molecule has 12 heavy (non-hydrogen) atoms. The predicted molar refractivity (Wildman–Crippen MR) is 42.0 cm³/mol. The number of amides is 1. The third-order valence-electron chi connectivity index (χ3n) is 0.171. The van der Waals surface area contributed by atoms with Crippen LogP contribution in [-0.4, -0.2) is 32.4 Å². The molecule has 0 heterocycles. The Kier molecular flexibility index (Phi) is 12.1. The molecule has 7 nitrogen and oxygen atoms in total. The van der Waals surface area contributed by atoms with Gasteiger partial charge in [0.05, 0.1) is 0 Å². The Hall–Kier alpha value is 0.359. The molecule has 0 aromatic heterocycles. The fraction of sp³-hybridized carbons (Fsp3) is 0. The van der Waals surface area contributed by atoms with E-state index in [0.29, 0.717) is 3.71 Å². The van der Waals surface area contributed by atoms with Crippen LogP contribution in [0.4, 0.5) is 4.79 Å². The maximum atomic E-state index is 9.47. The first-order valence-corrected chi connectivity index (χ1v) is 3.95. The van der Waals surface area contributed by atoms with E-state index in [-0.39, 0.29) is 17.1 Å². The molecule has 0 aromatic carbocycles. The number of carbonyl (C=O) groups is 1. The second-order valence-electron chi connectivity index (χ2n) is 1.02. The van der Waals surface area contributed by atoms with E-state index in [4.69, 9.17) is 22.6 Å². The summed E-state index contributed by atoms with van der Waals surface area (Å²) < 4.78 is 32.1. The van der Waals surface area contributed by atoms with Crippen molar-refractivity contribution in [2.45, 2.75) is 0 Å². The van der Waals surface area contributed by atoms with Gasteiger partial charge in [-0.15, -0.1) is 0 Å². The van der Waals surface area contributed by atoms with Crippen LogP contribution in [0.5, 0.6) is 0 Å². The molecule has 3 N–H and O–H groups in total. The summed E-state index contributed by atoms with van der Waals surface area (Å²) in [6.07, 6.45) is -1.18. The quantitative estimate of drug-likeness (QED) is 0.243. The summed E-state index contributed by atoms with van der Waals surface area (Å²) in [5.41, 5.74) is 0. The molecule has 0 rings (SSSR count). The topological polar surface area (TPSA) is 115 Å². The molecule has 0 fully saturated rings. The number of carboxylic acid groups (broad SMARTS) is 1. The number of hydrogen-bond donors (Lipinski definition) is 5. The second-order valence-corrected chi connectivity index (χ2v) is 3.03. The van der Waals surface area contributed by atoms with E-state index >= 15 is 0 Å². The Bertz CT molecular complexity index is 203. The smallest absolute Gasteiger partial charge is 0.427 e. The van der Waals surface area contributed by atoms with Crippen LogP contribution in [0.3, 0.4) is 0 Å². The Balaban J connectivity index is -0.000000126. The van der Waals surface area contributed by atoms with E-state index in [1.807, 2.05) is 0 Å². The summed E-state index contributed by atoms with van der Waals surface area (Å²) in [6, 6.07) is 0. The zero-order valence-electron chi connectivity index (χ0n) is 5.12. The molecule has 0 aliphatic rings. The van der Waals surface area contributed by atoms with Crippen molar-refractivity contribution < 1.29 is 44.5 Å². The molecule has 1 amide bonds. The molecule has 0 aromatic rings. The summed E-state index contributed by atoms with van der Waals surface area (Å²) in [5, 5.41) is 7.76. The molecule has 1 radical (unpaired) electrons. The van der Waals surface area contributed by atoms with Gasteiger partial charge in [-0.2, -0.15) is 12.1 Å². The Morgan fingerprint density at radius 2 is 1.33 bits per heavy atom. The summed E-state index contributed by atoms with van der Waals surface area (Å²) in [6.45, 7) is 0. The Labute approximate surface area is 90.3 Å². The molecule has 11 heteroatoms. The standard InChI is InChI=1S/CH3NO2S2.Cu.H2O4S/c3-1(4)2(5)6;;1-5(2,3)4/h5-6H,(H,3,4);;(H2,1,2,3,4). The van der Waals surface area contributed by atoms with Gasteiger partial charge >= 0.3 is 16.5 Å². The minimum absolute atomic E-state index is 0. The molecule has 0 atom stereocenters. The number of thiol groups is 2. The average molecular weight is 287 g/mol. The molecule has 0 spiro atoms. The SMILES string of the molecule is O=C(O)N(S)S.O=S(=O)(O)O.[Cu]. The largest absolute Gasteiger partial charge is 0.464 e. The third kappa shape index (κ3) is 47.7. The zero-order chi connectivity index (χ0) is 9.65. The van der Waals surface area contributed by atoms with E-state index in [9.17, 15) is 4.79 Å². The van der Waals surface area contributed by atoms with E-state index in [1.54, 1.807) is 0 Å². The van der Waals surface area contributed by atoms with Gasteiger partial charge in [-0.1, -0.05) is 0 Å². The van der Waals surface area contributed by atoms with E-state index in [2.05, 4.69) is 25.6 Å². The van der Waals surface area contributed by atoms with Gasteiger partial charge in [-0.25, -0.2) is 4.79 Å². The number of rotatable bonds is 0. The maximum Gasteiger partial charge on any atom is 0.427 e. The minimum Gasteiger partial charge on any atom is -0.464 e. The van der Waals surface area contributed by atoms with Gasteiger partial charge in [0, 0.05) is 17.1 Å². The number of hydrogen-bond acceptors (Lipinski definition) is 5. The van der Waals surface area contributed by atoms with Crippen LogP contribution in [0.1, 0.15) is 0 Å². The fourth-order valence-corrected chi connectivity index (χ4v) is 0. The maximum absolute atomic E-state index is 9.47. The van der Waals surface area contributed by atoms with Crippen molar-refractivity contribution in [3.8, 4) is 0 Å². The third-order valence-corrected chi connectivity index (χ3v) is 0.513. The van der Waals surface area contributed by atoms with Crippen molar-refractivity contribution in [3.05, 3.63) is 0 Å². The van der Waals surface area contributed by atoms with E-state index < -0.39 is 16.5 Å². The van der Waals surface area contributed by atoms with Crippen molar-refractivity contribution in [3.63, 3.8) is 0 Å². The van der Waals surface area contributed by atoms with Crippen LogP contribution < -0.4 is 0 Å². The zero-order valence-corrected chi connectivity index (χ0v) is 8.66. The number of nitrogens with zero attached hydrogens (tertiary/aromatic N) is 1. The van der Waals surface area contributed by atoms with Crippen molar-refractivity contribution >= 4 is 42.1 Å². The molecular weight excluding hydrogens is 282 g/mol. The average Bonchev–Trinajstić information content (AvgIpc) is 1.59. The van der Waals surface area contributed by atoms with Crippen molar-refractivity contribution in [2.75, 3.05) is 0 Å². The van der Waals surface area contributed by atoms with Gasteiger partial charge in [-0.05, 0) is 25.6 Å². The van der Waals surface area contributed by atoms with Crippen LogP contribution in [0.2, 0.25) is 0 Å². The van der Waals surface area contributed by atoms with Gasteiger partial charge in [0.2, 0.25) is 0 Å². The molecular formula is CH5CuNO6S3. The van der Waals surface area contributed by atoms with Gasteiger partial charge in [0.25, 0.3) is 0 Å². The Morgan fingerprint density at radius 1 is 1.25 bits per heavy atom. The van der Waals surface area contributed by atoms with Crippen LogP contribution >= 0.6 is 25.6 Å². The molecule has 0 unspecified atom stereocenters. The molecule has 0 saturated heterocycles. The molecule has 0 bridgehead atoms. The monoisotopic (exact) mass is 286 g/mol. The van der Waals surface area contributed by atoms with Crippen molar-refractivity contribution in [1.82, 2.24) is 3.71 Å². The van der Waals surface area contributed by atoms with Crippen LogP contribution in [0.15, 0.2) is 0 Å². The van der Waals surface area contributed by atoms with Crippen LogP contribution in [0.25, 0.3) is 0 Å². The van der Waals surface area contributed by atoms with E-state index in [0.717, 1.165) is 0 Å². The van der Waals surface area contributed by atoms with Gasteiger partial charge < -0.3 is 5.11 Å². The first-order valence-electron chi connectivity index (χ1n) is 1.75. The van der Waals surface area contributed by atoms with Crippen LogP contribution in [0, 0.1) is 0 Å². The molecule has 0 aliphatic carbocycles. The first kappa shape index (κ1) is 18.2. The first-order chi connectivity index (χ1) is 4.64. The second kappa shape index (κ2) is 7.98. The fourth-order valence-electron chi connectivity index (χ4n) is 0. The molecule has 79 valence electrons. The molecule has 0 saturated carbocycles. The summed E-state index contributed by atoms with van der Waals surface area (Å²) in [7, 11) is -4.67. The summed E-state index contributed by atoms with van der Waals surface area (Å²) >= 11 is 6.58. The van der Waals surface area contributed by atoms with Crippen LogP contribution in [-0.2, 0) is 27.5 Å². The normalized spacial score (nSPS) is 8.67. The summed E-state index contributed by atoms with van der Waals surface area (Å²) in [5.74, 6) is 0. The van der Waals surface area contributed by atoms with Crippen molar-refractivity contribution in [2.24, 2.45) is 0 Å². The van der Waals surface area contributed by atoms with Gasteiger partial charge in [-0.3, -0.25) is 9.11 Å². The molecule has 0 aliphatic heterocycles. The Morgan fingerprint density at radius 3 is 1.33 bits per heavy atom.